The van der Waals surface area contributed by atoms with Crippen molar-refractivity contribution in [1.29, 1.82) is 0 Å². The lowest BCUT2D eigenvalue weighted by molar-refractivity contribution is -0.121. The maximum absolute atomic E-state index is 12.3. The number of aromatic nitrogens is 2. The van der Waals surface area contributed by atoms with Crippen LogP contribution in [0.3, 0.4) is 0 Å². The van der Waals surface area contributed by atoms with Gasteiger partial charge in [-0.25, -0.2) is 4.98 Å². The van der Waals surface area contributed by atoms with Crippen molar-refractivity contribution in [2.75, 3.05) is 20.1 Å². The van der Waals surface area contributed by atoms with E-state index in [0.29, 0.717) is 37.0 Å². The molecule has 7 nitrogen and oxygen atoms in total. The van der Waals surface area contributed by atoms with Crippen LogP contribution in [0.5, 0.6) is 0 Å². The van der Waals surface area contributed by atoms with Crippen LogP contribution in [0, 0.1) is 0 Å². The molecule has 0 unspecified atom stereocenters. The molecule has 1 aliphatic heterocycles. The minimum atomic E-state index is -0.320. The molecule has 3 rings (SSSR count). The molecule has 0 saturated carbocycles. The van der Waals surface area contributed by atoms with E-state index in [-0.39, 0.29) is 30.0 Å². The first-order chi connectivity index (χ1) is 11.5. The molecular weight excluding hydrogens is 308 g/mol. The van der Waals surface area contributed by atoms with Gasteiger partial charge in [-0.1, -0.05) is 12.1 Å². The third-order valence-corrected chi connectivity index (χ3v) is 4.51. The van der Waals surface area contributed by atoms with Crippen molar-refractivity contribution in [3.8, 4) is 0 Å². The molecule has 1 fully saturated rings. The summed E-state index contributed by atoms with van der Waals surface area (Å²) in [5.74, 6) is -0.107. The minimum absolute atomic E-state index is 0.107. The van der Waals surface area contributed by atoms with Gasteiger partial charge in [0.1, 0.15) is 0 Å². The average Bonchev–Trinajstić information content (AvgIpc) is 2.90. The number of aliphatic hydroxyl groups is 1. The van der Waals surface area contributed by atoms with Gasteiger partial charge in [0.15, 0.2) is 0 Å². The van der Waals surface area contributed by atoms with Crippen LogP contribution in [0.4, 0.5) is 0 Å². The van der Waals surface area contributed by atoms with Crippen molar-refractivity contribution in [1.82, 2.24) is 19.8 Å². The number of nitrogens with one attached hydrogen (secondary N) is 1. The zero-order valence-electron chi connectivity index (χ0n) is 13.7. The molecule has 7 heteroatoms. The van der Waals surface area contributed by atoms with E-state index in [4.69, 9.17) is 0 Å². The van der Waals surface area contributed by atoms with Crippen molar-refractivity contribution in [2.45, 2.75) is 31.5 Å². The third kappa shape index (κ3) is 3.63. The Kier molecular flexibility index (Phi) is 4.92. The van der Waals surface area contributed by atoms with E-state index in [1.807, 2.05) is 18.0 Å². The van der Waals surface area contributed by atoms with Gasteiger partial charge in [0.05, 0.1) is 23.3 Å². The topological polar surface area (TPSA) is 87.5 Å². The fraction of sp³-hybridized carbons (Fsp3) is 0.471. The number of para-hydroxylation sites is 1. The molecule has 0 aliphatic carbocycles. The van der Waals surface area contributed by atoms with Crippen LogP contribution >= 0.6 is 0 Å². The maximum atomic E-state index is 12.3. The number of likely N-dealkylation sites (N-methyl/N-ethyl adjacent to an activating group) is 1. The van der Waals surface area contributed by atoms with Gasteiger partial charge in [-0.2, -0.15) is 0 Å². The molecule has 1 saturated heterocycles. The van der Waals surface area contributed by atoms with Gasteiger partial charge < -0.3 is 10.4 Å². The van der Waals surface area contributed by atoms with Crippen LogP contribution in [-0.2, 0) is 11.3 Å². The van der Waals surface area contributed by atoms with E-state index in [2.05, 4.69) is 10.3 Å². The lowest BCUT2D eigenvalue weighted by Gasteiger charge is -2.19. The number of β-amino-alcohol motifs (C(OH)–C–C–N with tert-alkyl or cyclic N) is 1. The Morgan fingerprint density at radius 1 is 1.42 bits per heavy atom. The zero-order valence-corrected chi connectivity index (χ0v) is 13.7. The van der Waals surface area contributed by atoms with Gasteiger partial charge in [-0.05, 0) is 25.6 Å². The van der Waals surface area contributed by atoms with Crippen molar-refractivity contribution in [3.63, 3.8) is 0 Å². The summed E-state index contributed by atoms with van der Waals surface area (Å²) in [6, 6.07) is 7.33. The van der Waals surface area contributed by atoms with Gasteiger partial charge in [-0.3, -0.25) is 19.1 Å². The van der Waals surface area contributed by atoms with Gasteiger partial charge in [0, 0.05) is 32.1 Å². The molecule has 1 aromatic carbocycles. The van der Waals surface area contributed by atoms with E-state index in [1.54, 1.807) is 18.2 Å². The molecule has 2 N–H and O–H groups in total. The highest BCUT2D eigenvalue weighted by Gasteiger charge is 2.27. The number of likely N-dealkylation sites (tertiary alicyclic amines) is 1. The average molecular weight is 330 g/mol. The molecule has 0 radical (unpaired) electrons. The number of carbonyl (C=O) groups excluding carboxylic acids is 1. The lowest BCUT2D eigenvalue weighted by atomic mass is 10.2. The normalized spacial score (nSPS) is 21.2. The number of hydrogen-bond acceptors (Lipinski definition) is 5. The van der Waals surface area contributed by atoms with Crippen molar-refractivity contribution >= 4 is 16.8 Å². The first kappa shape index (κ1) is 16.6. The molecule has 1 aliphatic rings. The van der Waals surface area contributed by atoms with Crippen LogP contribution in [0.15, 0.2) is 35.4 Å². The Morgan fingerprint density at radius 2 is 2.21 bits per heavy atom. The summed E-state index contributed by atoms with van der Waals surface area (Å²) in [4.78, 5) is 30.6. The molecule has 0 bridgehead atoms. The van der Waals surface area contributed by atoms with Crippen molar-refractivity contribution in [2.24, 2.45) is 0 Å². The molecule has 2 aromatic rings. The van der Waals surface area contributed by atoms with E-state index >= 15 is 0 Å². The summed E-state index contributed by atoms with van der Waals surface area (Å²) < 4.78 is 1.47. The number of aliphatic hydroxyl groups excluding tert-OH is 1. The summed E-state index contributed by atoms with van der Waals surface area (Å²) in [6.45, 7) is 1.45. The molecule has 1 aromatic heterocycles. The molecule has 2 heterocycles. The number of rotatable bonds is 5. The maximum Gasteiger partial charge on any atom is 0.261 e. The third-order valence-electron chi connectivity index (χ3n) is 4.51. The van der Waals surface area contributed by atoms with Crippen LogP contribution in [0.1, 0.15) is 12.8 Å². The number of carbonyl (C=O) groups is 1. The molecule has 0 spiro atoms. The molecule has 2 atom stereocenters. The van der Waals surface area contributed by atoms with E-state index in [1.165, 1.54) is 10.9 Å². The smallest absolute Gasteiger partial charge is 0.261 e. The molecule has 128 valence electrons. The van der Waals surface area contributed by atoms with Crippen molar-refractivity contribution in [3.05, 3.63) is 40.9 Å². The second kappa shape index (κ2) is 7.11. The highest BCUT2D eigenvalue weighted by Crippen LogP contribution is 2.14. The van der Waals surface area contributed by atoms with E-state index in [0.717, 1.165) is 0 Å². The Morgan fingerprint density at radius 3 is 2.96 bits per heavy atom. The van der Waals surface area contributed by atoms with Crippen LogP contribution in [0.25, 0.3) is 10.9 Å². The van der Waals surface area contributed by atoms with Crippen LogP contribution < -0.4 is 10.9 Å². The standard InChI is InChI=1S/C17H22N4O3/c1-20-10-13(22)8-12(20)9-18-16(23)6-7-21-11-19-15-5-3-2-4-14(15)17(21)24/h2-5,11-13,22H,6-10H2,1H3,(H,18,23)/t12-,13+/m0/s1. The largest absolute Gasteiger partial charge is 0.392 e. The predicted octanol–water partition coefficient (Wildman–Crippen LogP) is -0.0322. The number of nitrogens with zero attached hydrogens (tertiary/aromatic N) is 3. The van der Waals surface area contributed by atoms with Crippen LogP contribution in [-0.4, -0.2) is 57.7 Å². The fourth-order valence-electron chi connectivity index (χ4n) is 3.10. The van der Waals surface area contributed by atoms with Gasteiger partial charge in [0.25, 0.3) is 5.56 Å². The van der Waals surface area contributed by atoms with Gasteiger partial charge >= 0.3 is 0 Å². The Labute approximate surface area is 139 Å². The number of hydrogen-bond donors (Lipinski definition) is 2. The number of aryl methyl sites for hydroxylation is 1. The Hall–Kier alpha value is -2.25. The molecule has 1 amide bonds. The summed E-state index contributed by atoms with van der Waals surface area (Å²) in [7, 11) is 1.94. The fourth-order valence-corrected chi connectivity index (χ4v) is 3.10. The number of fused-ring (bicyclic) bond motifs is 1. The second-order valence-corrected chi connectivity index (χ2v) is 6.30. The predicted molar refractivity (Wildman–Crippen MR) is 90.7 cm³/mol. The highest BCUT2D eigenvalue weighted by atomic mass is 16.3. The van der Waals surface area contributed by atoms with Gasteiger partial charge in [0.2, 0.25) is 5.91 Å². The summed E-state index contributed by atoms with van der Waals surface area (Å²) in [6.07, 6.45) is 2.06. The quantitative estimate of drug-likeness (QED) is 0.804. The summed E-state index contributed by atoms with van der Waals surface area (Å²) in [5, 5.41) is 13.0. The number of benzene rings is 1. The molecule has 24 heavy (non-hydrogen) atoms. The lowest BCUT2D eigenvalue weighted by Crippen LogP contribution is -2.38. The second-order valence-electron chi connectivity index (χ2n) is 6.30. The summed E-state index contributed by atoms with van der Waals surface area (Å²) >= 11 is 0. The zero-order chi connectivity index (χ0) is 17.1. The van der Waals surface area contributed by atoms with Gasteiger partial charge in [-0.15, -0.1) is 0 Å². The Balaban J connectivity index is 1.55. The number of amides is 1. The first-order valence-corrected chi connectivity index (χ1v) is 8.14. The molecular formula is C17H22N4O3. The SMILES string of the molecule is CN1C[C@H](O)C[C@H]1CNC(=O)CCn1cnc2ccccc2c1=O. The summed E-state index contributed by atoms with van der Waals surface area (Å²) in [5.41, 5.74) is 0.526. The van der Waals surface area contributed by atoms with Crippen molar-refractivity contribution < 1.29 is 9.90 Å². The first-order valence-electron chi connectivity index (χ1n) is 8.14. The highest BCUT2D eigenvalue weighted by molar-refractivity contribution is 5.77. The van der Waals surface area contributed by atoms with E-state index < -0.39 is 0 Å². The monoisotopic (exact) mass is 330 g/mol. The van der Waals surface area contributed by atoms with Crippen LogP contribution in [0.2, 0.25) is 0 Å². The van der Waals surface area contributed by atoms with E-state index in [9.17, 15) is 14.7 Å². The minimum Gasteiger partial charge on any atom is -0.392 e. The Bertz CT molecular complexity index is 789.